The molecule has 0 spiro atoms. The molecule has 0 radical (unpaired) electrons. The van der Waals surface area contributed by atoms with Crippen molar-refractivity contribution in [3.05, 3.63) is 58.6 Å². The smallest absolute Gasteiger partial charge is 0.244 e. The molecular weight excluding hydrogens is 408 g/mol. The number of amides is 2. The molecule has 1 fully saturated rings. The van der Waals surface area contributed by atoms with E-state index < -0.39 is 5.25 Å². The molecule has 0 unspecified atom stereocenters. The van der Waals surface area contributed by atoms with Crippen molar-refractivity contribution in [3.63, 3.8) is 0 Å². The van der Waals surface area contributed by atoms with Gasteiger partial charge < -0.3 is 10.2 Å². The van der Waals surface area contributed by atoms with Gasteiger partial charge in [0.15, 0.2) is 5.17 Å². The summed E-state index contributed by atoms with van der Waals surface area (Å²) in [5.41, 5.74) is 3.98. The molecule has 6 nitrogen and oxygen atoms in total. The van der Waals surface area contributed by atoms with Crippen LogP contribution in [0.3, 0.4) is 0 Å². The molecule has 0 bridgehead atoms. The number of rotatable bonds is 4. The molecule has 2 aliphatic heterocycles. The van der Waals surface area contributed by atoms with E-state index in [1.165, 1.54) is 17.3 Å². The summed E-state index contributed by atoms with van der Waals surface area (Å²) in [7, 11) is 0. The topological polar surface area (TPSA) is 65.0 Å². The van der Waals surface area contributed by atoms with Crippen LogP contribution in [-0.4, -0.2) is 40.5 Å². The van der Waals surface area contributed by atoms with Gasteiger partial charge in [0.05, 0.1) is 0 Å². The van der Waals surface area contributed by atoms with Gasteiger partial charge in [-0.2, -0.15) is 0 Å². The van der Waals surface area contributed by atoms with Gasteiger partial charge in [0.1, 0.15) is 18.6 Å². The molecule has 1 saturated heterocycles. The van der Waals surface area contributed by atoms with Crippen LogP contribution in [-0.2, 0) is 9.59 Å². The summed E-state index contributed by atoms with van der Waals surface area (Å²) in [5, 5.41) is 3.79. The maximum absolute atomic E-state index is 12.9. The first-order valence-corrected chi connectivity index (χ1v) is 10.6. The molecule has 8 heteroatoms. The maximum atomic E-state index is 12.9. The summed E-state index contributed by atoms with van der Waals surface area (Å²) in [5.74, 6) is -0.253. The van der Waals surface area contributed by atoms with E-state index in [0.717, 1.165) is 16.9 Å². The average molecular weight is 429 g/mol. The molecule has 2 amide bonds. The lowest BCUT2D eigenvalue weighted by Gasteiger charge is -2.32. The molecule has 150 valence electrons. The Hall–Kier alpha value is -2.51. The van der Waals surface area contributed by atoms with Gasteiger partial charge in [0.2, 0.25) is 11.8 Å². The minimum absolute atomic E-state index is 0.0809. The number of carbonyl (C=O) groups excluding carboxylic acids is 2. The lowest BCUT2D eigenvalue weighted by Crippen LogP contribution is -2.46. The molecule has 2 aliphatic rings. The number of halogens is 1. The van der Waals surface area contributed by atoms with Crippen LogP contribution in [0.4, 0.5) is 11.4 Å². The van der Waals surface area contributed by atoms with Gasteiger partial charge in [-0.15, -0.1) is 0 Å². The Labute approximate surface area is 178 Å². The average Bonchev–Trinajstić information content (AvgIpc) is 3.00. The Kier molecular flexibility index (Phi) is 5.52. The number of fused-ring (bicyclic) bond motifs is 1. The Morgan fingerprint density at radius 2 is 1.97 bits per heavy atom. The van der Waals surface area contributed by atoms with Crippen molar-refractivity contribution in [2.24, 2.45) is 4.99 Å². The second-order valence-electron chi connectivity index (χ2n) is 7.16. The lowest BCUT2D eigenvalue weighted by atomic mass is 10.1. The highest BCUT2D eigenvalue weighted by Gasteiger charge is 2.41. The van der Waals surface area contributed by atoms with Crippen LogP contribution < -0.4 is 10.2 Å². The fourth-order valence-electron chi connectivity index (χ4n) is 3.27. The number of amidine groups is 1. The molecule has 4 rings (SSSR count). The molecule has 2 heterocycles. The largest absolute Gasteiger partial charge is 0.334 e. The zero-order chi connectivity index (χ0) is 20.5. The third-order valence-corrected chi connectivity index (χ3v) is 6.53. The molecular formula is C21H21ClN4O2S. The second kappa shape index (κ2) is 8.08. The number of aliphatic imine (C=N–C) groups is 1. The summed E-state index contributed by atoms with van der Waals surface area (Å²) >= 11 is 7.32. The predicted molar refractivity (Wildman–Crippen MR) is 118 cm³/mol. The van der Waals surface area contributed by atoms with Crippen molar-refractivity contribution in [2.45, 2.75) is 25.5 Å². The van der Waals surface area contributed by atoms with E-state index in [-0.39, 0.29) is 18.2 Å². The molecule has 1 atom stereocenters. The number of nitrogens with one attached hydrogen (secondary N) is 1. The van der Waals surface area contributed by atoms with Crippen molar-refractivity contribution in [1.82, 2.24) is 4.90 Å². The second-order valence-corrected chi connectivity index (χ2v) is 8.77. The normalized spacial score (nSPS) is 18.5. The Morgan fingerprint density at radius 3 is 2.69 bits per heavy atom. The molecule has 2 aromatic rings. The van der Waals surface area contributed by atoms with Crippen molar-refractivity contribution >= 4 is 51.7 Å². The third-order valence-electron chi connectivity index (χ3n) is 5.06. The fourth-order valence-corrected chi connectivity index (χ4v) is 4.52. The molecule has 29 heavy (non-hydrogen) atoms. The lowest BCUT2D eigenvalue weighted by molar-refractivity contribution is -0.128. The van der Waals surface area contributed by atoms with Crippen molar-refractivity contribution in [1.29, 1.82) is 0 Å². The summed E-state index contributed by atoms with van der Waals surface area (Å²) in [6.45, 7) is 4.92. The maximum Gasteiger partial charge on any atom is 0.244 e. The first kappa shape index (κ1) is 19.8. The minimum atomic E-state index is -0.453. The quantitative estimate of drug-likeness (QED) is 0.798. The van der Waals surface area contributed by atoms with Crippen molar-refractivity contribution < 1.29 is 9.59 Å². The molecule has 0 aromatic heterocycles. The number of thioether (sulfide) groups is 1. The van der Waals surface area contributed by atoms with Crippen molar-refractivity contribution in [2.75, 3.05) is 23.6 Å². The number of benzene rings is 2. The van der Waals surface area contributed by atoms with E-state index in [0.29, 0.717) is 23.5 Å². The molecule has 0 aliphatic carbocycles. The first-order chi connectivity index (χ1) is 13.9. The van der Waals surface area contributed by atoms with Crippen molar-refractivity contribution in [3.8, 4) is 0 Å². The number of hydrogen-bond acceptors (Lipinski definition) is 5. The Bertz CT molecular complexity index is 993. The number of carbonyl (C=O) groups is 2. The van der Waals surface area contributed by atoms with Crippen LogP contribution in [0.5, 0.6) is 0 Å². The summed E-state index contributed by atoms with van der Waals surface area (Å²) in [6.07, 6.45) is 0.118. The number of anilines is 2. The standard InChI is InChI=1S/C21H21ClN4O2S/c1-13-3-6-16(9-14(13)2)24-19(27)10-18-20(28)26-12-25(11-23-21(26)29-18)17-7-4-15(22)5-8-17/h3-9,18H,10-12H2,1-2H3,(H,24,27)/t18-/m1/s1. The van der Waals surface area contributed by atoms with Gasteiger partial charge in [-0.25, -0.2) is 4.99 Å². The van der Waals surface area contributed by atoms with E-state index in [1.54, 1.807) is 4.90 Å². The zero-order valence-corrected chi connectivity index (χ0v) is 17.8. The van der Waals surface area contributed by atoms with Crippen LogP contribution in [0, 0.1) is 13.8 Å². The van der Waals surface area contributed by atoms with Gasteiger partial charge in [-0.1, -0.05) is 29.4 Å². The highest BCUT2D eigenvalue weighted by atomic mass is 35.5. The predicted octanol–water partition coefficient (Wildman–Crippen LogP) is 4.02. The van der Waals surface area contributed by atoms with Crippen LogP contribution in [0.15, 0.2) is 47.5 Å². The summed E-state index contributed by atoms with van der Waals surface area (Å²) < 4.78 is 0. The third kappa shape index (κ3) is 4.26. The van der Waals surface area contributed by atoms with E-state index in [9.17, 15) is 9.59 Å². The monoisotopic (exact) mass is 428 g/mol. The molecule has 2 aromatic carbocycles. The SMILES string of the molecule is Cc1ccc(NC(=O)C[C@H]2SC3=NCN(c4ccc(Cl)cc4)CN3C2=O)cc1C. The van der Waals surface area contributed by atoms with Gasteiger partial charge in [-0.05, 0) is 61.4 Å². The first-order valence-electron chi connectivity index (χ1n) is 9.31. The highest BCUT2D eigenvalue weighted by molar-refractivity contribution is 8.15. The van der Waals surface area contributed by atoms with Crippen LogP contribution in [0.2, 0.25) is 5.02 Å². The van der Waals surface area contributed by atoms with E-state index in [4.69, 9.17) is 11.6 Å². The van der Waals surface area contributed by atoms with Crippen LogP contribution >= 0.6 is 23.4 Å². The number of hydrogen-bond donors (Lipinski definition) is 1. The summed E-state index contributed by atoms with van der Waals surface area (Å²) in [6, 6.07) is 13.2. The van der Waals surface area contributed by atoms with Gasteiger partial charge >= 0.3 is 0 Å². The fraction of sp³-hybridized carbons (Fsp3) is 0.286. The number of nitrogens with zero attached hydrogens (tertiary/aromatic N) is 3. The molecule has 0 saturated carbocycles. The van der Waals surface area contributed by atoms with Gasteiger partial charge in [-0.3, -0.25) is 14.5 Å². The van der Waals surface area contributed by atoms with Gasteiger partial charge in [0.25, 0.3) is 0 Å². The van der Waals surface area contributed by atoms with Crippen LogP contribution in [0.25, 0.3) is 0 Å². The van der Waals surface area contributed by atoms with E-state index in [1.807, 2.05) is 61.2 Å². The van der Waals surface area contributed by atoms with Gasteiger partial charge in [0, 0.05) is 22.8 Å². The minimum Gasteiger partial charge on any atom is -0.334 e. The molecule has 1 N–H and O–H groups in total. The summed E-state index contributed by atoms with van der Waals surface area (Å²) in [4.78, 5) is 33.5. The van der Waals surface area contributed by atoms with Crippen LogP contribution in [0.1, 0.15) is 17.5 Å². The number of aryl methyl sites for hydroxylation is 2. The van der Waals surface area contributed by atoms with E-state index in [2.05, 4.69) is 10.3 Å². The zero-order valence-electron chi connectivity index (χ0n) is 16.2. The Balaban J connectivity index is 1.39. The Morgan fingerprint density at radius 1 is 1.21 bits per heavy atom. The highest BCUT2D eigenvalue weighted by Crippen LogP contribution is 2.33. The van der Waals surface area contributed by atoms with E-state index >= 15 is 0 Å².